The van der Waals surface area contributed by atoms with E-state index in [1.165, 1.54) is 29.4 Å². The Hall–Kier alpha value is -2.66. The first-order chi connectivity index (χ1) is 12.5. The summed E-state index contributed by atoms with van der Waals surface area (Å²) in [5, 5.41) is 0. The summed E-state index contributed by atoms with van der Waals surface area (Å²) in [4.78, 5) is 23.7. The van der Waals surface area contributed by atoms with Crippen LogP contribution in [0.3, 0.4) is 0 Å². The highest BCUT2D eigenvalue weighted by Gasteiger charge is 2.30. The number of fused-ring (bicyclic) bond motifs is 3. The molecule has 0 saturated carbocycles. The molecule has 2 atom stereocenters. The van der Waals surface area contributed by atoms with Crippen LogP contribution in [0.2, 0.25) is 0 Å². The molecule has 136 valence electrons. The summed E-state index contributed by atoms with van der Waals surface area (Å²) in [5.74, 6) is -1.21. The normalized spacial score (nSPS) is 14.9. The molecule has 2 aromatic rings. The van der Waals surface area contributed by atoms with Crippen LogP contribution in [0, 0.1) is 5.92 Å². The molecule has 1 aliphatic carbocycles. The van der Waals surface area contributed by atoms with E-state index in [2.05, 4.69) is 29.0 Å². The van der Waals surface area contributed by atoms with E-state index in [4.69, 9.17) is 10.5 Å². The molecule has 0 aromatic heterocycles. The molecule has 0 aliphatic heterocycles. The first kappa shape index (κ1) is 18.1. The van der Waals surface area contributed by atoms with Crippen molar-refractivity contribution in [1.82, 2.24) is 0 Å². The number of nitrogens with two attached hydrogens (primary N) is 1. The molecule has 3 rings (SSSR count). The van der Waals surface area contributed by atoms with Crippen LogP contribution < -0.4 is 5.73 Å². The molecular weight excluding hydrogens is 330 g/mol. The maximum atomic E-state index is 12.2. The van der Waals surface area contributed by atoms with Gasteiger partial charge in [0.25, 0.3) is 0 Å². The first-order valence-electron chi connectivity index (χ1n) is 8.70. The van der Waals surface area contributed by atoms with Gasteiger partial charge in [-0.3, -0.25) is 9.59 Å². The number of hydrogen-bond donors (Lipinski definition) is 1. The van der Waals surface area contributed by atoms with Crippen molar-refractivity contribution in [2.45, 2.75) is 25.3 Å². The van der Waals surface area contributed by atoms with Crippen molar-refractivity contribution < 1.29 is 19.1 Å². The maximum Gasteiger partial charge on any atom is 0.322 e. The lowest BCUT2D eigenvalue weighted by Gasteiger charge is -2.18. The van der Waals surface area contributed by atoms with Crippen LogP contribution in [0.15, 0.2) is 48.5 Å². The van der Waals surface area contributed by atoms with E-state index in [0.717, 1.165) is 0 Å². The van der Waals surface area contributed by atoms with Gasteiger partial charge in [-0.25, -0.2) is 0 Å². The molecule has 0 unspecified atom stereocenters. The van der Waals surface area contributed by atoms with Crippen molar-refractivity contribution in [3.63, 3.8) is 0 Å². The molecule has 0 spiro atoms. The van der Waals surface area contributed by atoms with E-state index >= 15 is 0 Å². The van der Waals surface area contributed by atoms with Gasteiger partial charge in [0.2, 0.25) is 0 Å². The summed E-state index contributed by atoms with van der Waals surface area (Å²) in [6, 6.07) is 15.5. The fourth-order valence-corrected chi connectivity index (χ4v) is 3.43. The molecule has 5 nitrogen and oxygen atoms in total. The summed E-state index contributed by atoms with van der Waals surface area (Å²) >= 11 is 0. The van der Waals surface area contributed by atoms with Gasteiger partial charge in [0.15, 0.2) is 0 Å². The van der Waals surface area contributed by atoms with Crippen LogP contribution >= 0.6 is 0 Å². The molecule has 2 N–H and O–H groups in total. The van der Waals surface area contributed by atoms with Crippen molar-refractivity contribution >= 4 is 11.9 Å². The number of carbonyl (C=O) groups excluding carboxylic acids is 2. The number of carbonyl (C=O) groups is 2. The molecule has 0 radical (unpaired) electrons. The van der Waals surface area contributed by atoms with Gasteiger partial charge >= 0.3 is 11.9 Å². The lowest BCUT2D eigenvalue weighted by Crippen LogP contribution is -2.38. The van der Waals surface area contributed by atoms with Gasteiger partial charge in [-0.1, -0.05) is 55.5 Å². The first-order valence-corrected chi connectivity index (χ1v) is 8.70. The Morgan fingerprint density at radius 2 is 1.58 bits per heavy atom. The minimum Gasteiger partial charge on any atom is -0.468 e. The number of ether oxygens (including phenoxy) is 2. The Bertz CT molecular complexity index is 772. The third-order valence-corrected chi connectivity index (χ3v) is 4.95. The van der Waals surface area contributed by atoms with Gasteiger partial charge in [0, 0.05) is 5.92 Å². The predicted octanol–water partition coefficient (Wildman–Crippen LogP) is 2.87. The lowest BCUT2D eigenvalue weighted by molar-refractivity contribution is -0.147. The Morgan fingerprint density at radius 1 is 1.04 bits per heavy atom. The Balaban J connectivity index is 1.67. The van der Waals surface area contributed by atoms with Gasteiger partial charge in [-0.2, -0.15) is 0 Å². The van der Waals surface area contributed by atoms with E-state index in [9.17, 15) is 9.59 Å². The van der Waals surface area contributed by atoms with Gasteiger partial charge in [-0.15, -0.1) is 0 Å². The Kier molecular flexibility index (Phi) is 5.38. The topological polar surface area (TPSA) is 78.6 Å². The molecular formula is C21H23NO4. The van der Waals surface area contributed by atoms with Crippen LogP contribution in [-0.2, 0) is 19.1 Å². The van der Waals surface area contributed by atoms with Crippen LogP contribution in [0.4, 0.5) is 0 Å². The Morgan fingerprint density at radius 3 is 2.12 bits per heavy atom. The monoisotopic (exact) mass is 353 g/mol. The van der Waals surface area contributed by atoms with E-state index in [0.29, 0.717) is 0 Å². The number of methoxy groups -OCH3 is 1. The summed E-state index contributed by atoms with van der Waals surface area (Å²) in [7, 11) is 1.28. The van der Waals surface area contributed by atoms with Crippen molar-refractivity contribution in [2.24, 2.45) is 11.7 Å². The molecule has 0 amide bonds. The van der Waals surface area contributed by atoms with Gasteiger partial charge < -0.3 is 15.2 Å². The van der Waals surface area contributed by atoms with Gasteiger partial charge in [-0.05, 0) is 28.2 Å². The van der Waals surface area contributed by atoms with Crippen LogP contribution in [0.1, 0.15) is 30.4 Å². The number of rotatable bonds is 6. The second kappa shape index (κ2) is 7.70. The SMILES string of the molecule is COC(=O)[C@H](N)[C@H](C)CC(=O)OCC1c2ccccc2-c2ccccc21. The Labute approximate surface area is 153 Å². The molecule has 0 bridgehead atoms. The zero-order valence-corrected chi connectivity index (χ0v) is 15.0. The van der Waals surface area contributed by atoms with E-state index < -0.39 is 12.0 Å². The molecule has 0 fully saturated rings. The average molecular weight is 353 g/mol. The predicted molar refractivity (Wildman–Crippen MR) is 98.5 cm³/mol. The van der Waals surface area contributed by atoms with Crippen molar-refractivity contribution in [2.75, 3.05) is 13.7 Å². The highest BCUT2D eigenvalue weighted by atomic mass is 16.5. The second-order valence-electron chi connectivity index (χ2n) is 6.64. The zero-order valence-electron chi connectivity index (χ0n) is 15.0. The number of hydrogen-bond acceptors (Lipinski definition) is 5. The molecule has 0 heterocycles. The number of esters is 2. The molecule has 5 heteroatoms. The third kappa shape index (κ3) is 3.48. The van der Waals surface area contributed by atoms with Gasteiger partial charge in [0.05, 0.1) is 13.5 Å². The average Bonchev–Trinajstić information content (AvgIpc) is 2.99. The van der Waals surface area contributed by atoms with Crippen molar-refractivity contribution in [3.8, 4) is 11.1 Å². The van der Waals surface area contributed by atoms with Crippen molar-refractivity contribution in [3.05, 3.63) is 59.7 Å². The fourth-order valence-electron chi connectivity index (χ4n) is 3.43. The second-order valence-corrected chi connectivity index (χ2v) is 6.64. The summed E-state index contributed by atoms with van der Waals surface area (Å²) < 4.78 is 10.1. The minimum atomic E-state index is -0.833. The highest BCUT2D eigenvalue weighted by Crippen LogP contribution is 2.44. The highest BCUT2D eigenvalue weighted by molar-refractivity contribution is 5.79. The smallest absolute Gasteiger partial charge is 0.322 e. The quantitative estimate of drug-likeness (QED) is 0.808. The third-order valence-electron chi connectivity index (χ3n) is 4.95. The lowest BCUT2D eigenvalue weighted by atomic mass is 9.97. The van der Waals surface area contributed by atoms with E-state index in [1.807, 2.05) is 24.3 Å². The van der Waals surface area contributed by atoms with E-state index in [-0.39, 0.29) is 30.8 Å². The molecule has 26 heavy (non-hydrogen) atoms. The van der Waals surface area contributed by atoms with E-state index in [1.54, 1.807) is 6.92 Å². The van der Waals surface area contributed by atoms with Crippen LogP contribution in [0.25, 0.3) is 11.1 Å². The largest absolute Gasteiger partial charge is 0.468 e. The maximum absolute atomic E-state index is 12.2. The minimum absolute atomic E-state index is 0.0240. The summed E-state index contributed by atoms with van der Waals surface area (Å²) in [6.07, 6.45) is 0.0757. The number of benzene rings is 2. The molecule has 1 aliphatic rings. The zero-order chi connectivity index (χ0) is 18.7. The summed E-state index contributed by atoms with van der Waals surface area (Å²) in [6.45, 7) is 2.01. The van der Waals surface area contributed by atoms with Crippen molar-refractivity contribution in [1.29, 1.82) is 0 Å². The summed E-state index contributed by atoms with van der Waals surface area (Å²) in [5.41, 5.74) is 10.5. The fraction of sp³-hybridized carbons (Fsp3) is 0.333. The molecule has 0 saturated heterocycles. The van der Waals surface area contributed by atoms with Gasteiger partial charge in [0.1, 0.15) is 12.6 Å². The van der Waals surface area contributed by atoms with Crippen LogP contribution in [0.5, 0.6) is 0 Å². The molecule has 2 aromatic carbocycles. The standard InChI is InChI=1S/C21H23NO4/c1-13(20(22)21(24)25-2)11-19(23)26-12-18-16-9-5-3-7-14(16)15-8-4-6-10-17(15)18/h3-10,13,18,20H,11-12,22H2,1-2H3/t13-,20-/m1/s1. The van der Waals surface area contributed by atoms with Crippen LogP contribution in [-0.4, -0.2) is 31.7 Å².